The van der Waals surface area contributed by atoms with Gasteiger partial charge in [-0.05, 0) is 56.3 Å². The van der Waals surface area contributed by atoms with Crippen LogP contribution in [0.15, 0.2) is 48.7 Å². The van der Waals surface area contributed by atoms with Crippen LogP contribution in [0.2, 0.25) is 0 Å². The lowest BCUT2D eigenvalue weighted by Crippen LogP contribution is -2.55. The molecule has 0 amide bonds. The summed E-state index contributed by atoms with van der Waals surface area (Å²) >= 11 is 0. The minimum atomic E-state index is -1.14. The maximum atomic E-state index is 14.7. The second-order valence-electron chi connectivity index (χ2n) is 9.03. The molecule has 0 spiro atoms. The Morgan fingerprint density at radius 3 is 2.78 bits per heavy atom. The first kappa shape index (κ1) is 25.7. The number of pyridine rings is 1. The molecule has 0 aliphatic carbocycles. The average molecular weight is 500 g/mol. The van der Waals surface area contributed by atoms with Crippen molar-refractivity contribution in [2.24, 2.45) is 0 Å². The fourth-order valence-electron chi connectivity index (χ4n) is 4.72. The molecule has 1 fully saturated rings. The van der Waals surface area contributed by atoms with Gasteiger partial charge in [0, 0.05) is 42.7 Å². The van der Waals surface area contributed by atoms with E-state index in [4.69, 9.17) is 4.74 Å². The number of hydrogen-bond donors (Lipinski definition) is 1. The van der Waals surface area contributed by atoms with E-state index < -0.39 is 29.0 Å². The van der Waals surface area contributed by atoms with Gasteiger partial charge in [-0.2, -0.15) is 0 Å². The van der Waals surface area contributed by atoms with Gasteiger partial charge in [-0.25, -0.2) is 13.2 Å². The first-order valence-electron chi connectivity index (χ1n) is 11.6. The summed E-state index contributed by atoms with van der Waals surface area (Å²) in [6.45, 7) is 1.48. The SMILES string of the molecule is COc1ccc2ncc(F)c(CCN(C)C3(C(=O)O)CCN(C/C=C/c4cc(F)ccc4F)C3)c2c1. The minimum Gasteiger partial charge on any atom is -0.497 e. The molecule has 1 aromatic heterocycles. The number of aromatic nitrogens is 1. The molecule has 6 nitrogen and oxygen atoms in total. The van der Waals surface area contributed by atoms with Gasteiger partial charge in [0.1, 0.15) is 28.7 Å². The molecule has 1 aliphatic heterocycles. The number of carbonyl (C=O) groups is 1. The average Bonchev–Trinajstić information content (AvgIpc) is 3.30. The van der Waals surface area contributed by atoms with E-state index in [9.17, 15) is 23.1 Å². The lowest BCUT2D eigenvalue weighted by atomic mass is 9.95. The van der Waals surface area contributed by atoms with E-state index in [0.29, 0.717) is 54.7 Å². The Morgan fingerprint density at radius 2 is 2.03 bits per heavy atom. The molecular weight excluding hydrogens is 471 g/mol. The van der Waals surface area contributed by atoms with Gasteiger partial charge in [0.05, 0.1) is 18.8 Å². The van der Waals surface area contributed by atoms with Crippen molar-refractivity contribution in [2.75, 3.05) is 40.3 Å². The third-order valence-corrected chi connectivity index (χ3v) is 6.91. The minimum absolute atomic E-state index is 0.138. The summed E-state index contributed by atoms with van der Waals surface area (Å²) in [5.74, 6) is -1.86. The number of hydrogen-bond acceptors (Lipinski definition) is 5. The Hall–Kier alpha value is -3.43. The molecule has 2 heterocycles. The molecule has 1 N–H and O–H groups in total. The standard InChI is InChI=1S/C27H28F3N3O3/c1-32(12-9-21-22-15-20(36-2)6-8-25(22)31-16-24(21)30)27(26(34)35)10-13-33(17-27)11-3-4-18-14-19(28)5-7-23(18)29/h3-8,14-16H,9-13,17H2,1-2H3,(H,34,35)/b4-3+. The number of likely N-dealkylation sites (N-methyl/N-ethyl adjacent to an activating group) is 1. The van der Waals surface area contributed by atoms with E-state index in [1.165, 1.54) is 19.4 Å². The van der Waals surface area contributed by atoms with Crippen LogP contribution in [-0.2, 0) is 11.2 Å². The molecule has 0 radical (unpaired) electrons. The molecule has 3 aromatic rings. The van der Waals surface area contributed by atoms with Gasteiger partial charge in [-0.3, -0.25) is 19.6 Å². The van der Waals surface area contributed by atoms with Gasteiger partial charge in [0.15, 0.2) is 0 Å². The Bertz CT molecular complexity index is 1300. The van der Waals surface area contributed by atoms with E-state index in [-0.39, 0.29) is 12.1 Å². The highest BCUT2D eigenvalue weighted by Crippen LogP contribution is 2.30. The lowest BCUT2D eigenvalue weighted by molar-refractivity contribution is -0.150. The predicted octanol–water partition coefficient (Wildman–Crippen LogP) is 4.38. The van der Waals surface area contributed by atoms with Gasteiger partial charge in [0.2, 0.25) is 0 Å². The maximum Gasteiger partial charge on any atom is 0.325 e. The number of ether oxygens (including phenoxy) is 1. The summed E-state index contributed by atoms with van der Waals surface area (Å²) < 4.78 is 47.2. The number of likely N-dealkylation sites (tertiary alicyclic amines) is 1. The maximum absolute atomic E-state index is 14.7. The van der Waals surface area contributed by atoms with E-state index in [2.05, 4.69) is 4.98 Å². The Morgan fingerprint density at radius 1 is 1.22 bits per heavy atom. The number of methoxy groups -OCH3 is 1. The number of halogens is 3. The van der Waals surface area contributed by atoms with Crippen LogP contribution in [0, 0.1) is 17.5 Å². The fourth-order valence-corrected chi connectivity index (χ4v) is 4.72. The number of aliphatic carboxylic acids is 1. The van der Waals surface area contributed by atoms with Crippen molar-refractivity contribution in [1.82, 2.24) is 14.8 Å². The molecule has 1 saturated heterocycles. The molecular formula is C27H28F3N3O3. The van der Waals surface area contributed by atoms with Crippen molar-refractivity contribution in [3.63, 3.8) is 0 Å². The van der Waals surface area contributed by atoms with Gasteiger partial charge in [0.25, 0.3) is 0 Å². The molecule has 1 aliphatic rings. The third-order valence-electron chi connectivity index (χ3n) is 6.91. The normalized spacial score (nSPS) is 18.5. The smallest absolute Gasteiger partial charge is 0.325 e. The zero-order valence-electron chi connectivity index (χ0n) is 20.2. The quantitative estimate of drug-likeness (QED) is 0.472. The van der Waals surface area contributed by atoms with E-state index in [1.807, 2.05) is 4.90 Å². The van der Waals surface area contributed by atoms with Crippen LogP contribution in [0.3, 0.4) is 0 Å². The zero-order chi connectivity index (χ0) is 25.9. The molecule has 36 heavy (non-hydrogen) atoms. The highest BCUT2D eigenvalue weighted by atomic mass is 19.1. The summed E-state index contributed by atoms with van der Waals surface area (Å²) in [6, 6.07) is 8.49. The summed E-state index contributed by atoms with van der Waals surface area (Å²) in [4.78, 5) is 20.2. The van der Waals surface area contributed by atoms with Crippen molar-refractivity contribution in [2.45, 2.75) is 18.4 Å². The van der Waals surface area contributed by atoms with Gasteiger partial charge < -0.3 is 9.84 Å². The van der Waals surface area contributed by atoms with E-state index in [0.717, 1.165) is 18.2 Å². The number of nitrogens with zero attached hydrogens (tertiary/aromatic N) is 3. The van der Waals surface area contributed by atoms with Gasteiger partial charge >= 0.3 is 5.97 Å². The van der Waals surface area contributed by atoms with Crippen molar-refractivity contribution < 1.29 is 27.8 Å². The first-order valence-corrected chi connectivity index (χ1v) is 11.6. The Labute approximate surface area is 207 Å². The van der Waals surface area contributed by atoms with Crippen molar-refractivity contribution in [3.8, 4) is 5.75 Å². The van der Waals surface area contributed by atoms with Crippen LogP contribution >= 0.6 is 0 Å². The van der Waals surface area contributed by atoms with Crippen molar-refractivity contribution in [1.29, 1.82) is 0 Å². The van der Waals surface area contributed by atoms with Crippen LogP contribution in [0.1, 0.15) is 17.5 Å². The van der Waals surface area contributed by atoms with Crippen LogP contribution < -0.4 is 4.74 Å². The monoisotopic (exact) mass is 499 g/mol. The highest BCUT2D eigenvalue weighted by Gasteiger charge is 2.47. The van der Waals surface area contributed by atoms with Crippen LogP contribution in [-0.4, -0.2) is 71.7 Å². The number of carboxylic acids is 1. The molecule has 190 valence electrons. The fraction of sp³-hybridized carbons (Fsp3) is 0.333. The molecule has 0 bridgehead atoms. The van der Waals surface area contributed by atoms with Crippen molar-refractivity contribution >= 4 is 22.9 Å². The van der Waals surface area contributed by atoms with E-state index >= 15 is 0 Å². The van der Waals surface area contributed by atoms with Crippen LogP contribution in [0.5, 0.6) is 5.75 Å². The molecule has 4 rings (SSSR count). The lowest BCUT2D eigenvalue weighted by Gasteiger charge is -2.35. The van der Waals surface area contributed by atoms with Crippen molar-refractivity contribution in [3.05, 3.63) is 77.2 Å². The van der Waals surface area contributed by atoms with Crippen LogP contribution in [0.25, 0.3) is 17.0 Å². The molecule has 9 heteroatoms. The highest BCUT2D eigenvalue weighted by molar-refractivity contribution is 5.84. The third kappa shape index (κ3) is 5.22. The second-order valence-corrected chi connectivity index (χ2v) is 9.03. The number of benzene rings is 2. The first-order chi connectivity index (χ1) is 17.2. The van der Waals surface area contributed by atoms with Gasteiger partial charge in [-0.1, -0.05) is 12.2 Å². The summed E-state index contributed by atoms with van der Waals surface area (Å²) in [6.07, 6.45) is 5.05. The Balaban J connectivity index is 1.46. The van der Waals surface area contributed by atoms with E-state index in [1.54, 1.807) is 36.2 Å². The number of carboxylic acid groups (broad SMARTS) is 1. The van der Waals surface area contributed by atoms with Gasteiger partial charge in [-0.15, -0.1) is 0 Å². The second kappa shape index (κ2) is 10.7. The summed E-state index contributed by atoms with van der Waals surface area (Å²) in [7, 11) is 3.27. The Kier molecular flexibility index (Phi) is 7.61. The molecule has 1 atom stereocenters. The van der Waals surface area contributed by atoms with Crippen LogP contribution in [0.4, 0.5) is 13.2 Å². The largest absolute Gasteiger partial charge is 0.497 e. The zero-order valence-corrected chi connectivity index (χ0v) is 20.2. The number of fused-ring (bicyclic) bond motifs is 1. The number of rotatable bonds is 9. The topological polar surface area (TPSA) is 65.9 Å². The molecule has 2 aromatic carbocycles. The molecule has 0 saturated carbocycles. The summed E-state index contributed by atoms with van der Waals surface area (Å²) in [5.41, 5.74) is 0.0891. The predicted molar refractivity (Wildman–Crippen MR) is 131 cm³/mol. The summed E-state index contributed by atoms with van der Waals surface area (Å²) in [5, 5.41) is 10.8. The molecule has 1 unspecified atom stereocenters.